The van der Waals surface area contributed by atoms with Gasteiger partial charge in [-0.1, -0.05) is 20.8 Å². The number of hydrogen-bond acceptors (Lipinski definition) is 4. The lowest BCUT2D eigenvalue weighted by atomic mass is 9.91. The van der Waals surface area contributed by atoms with Crippen molar-refractivity contribution in [3.63, 3.8) is 0 Å². The highest BCUT2D eigenvalue weighted by Gasteiger charge is 2.20. The first-order chi connectivity index (χ1) is 7.73. The van der Waals surface area contributed by atoms with Gasteiger partial charge in [-0.05, 0) is 21.1 Å². The Bertz CT molecular complexity index is 222. The first-order valence-corrected chi connectivity index (χ1v) is 6.18. The molecule has 0 aromatic carbocycles. The molecule has 0 N–H and O–H groups in total. The first-order valence-electron chi connectivity index (χ1n) is 6.18. The standard InChI is InChI=1S/C13H28N2O2/c1-13(2,3)12(16)11-17-10-9-15(6)8-7-14(4)5/h7-11H2,1-6H3. The molecule has 0 aliphatic rings. The van der Waals surface area contributed by atoms with E-state index in [9.17, 15) is 4.79 Å². The lowest BCUT2D eigenvalue weighted by Crippen LogP contribution is -2.32. The summed E-state index contributed by atoms with van der Waals surface area (Å²) in [6.07, 6.45) is 0. The van der Waals surface area contributed by atoms with Gasteiger partial charge in [-0.2, -0.15) is 0 Å². The molecule has 0 aromatic heterocycles. The monoisotopic (exact) mass is 244 g/mol. The number of ketones is 1. The van der Waals surface area contributed by atoms with Crippen molar-refractivity contribution in [1.82, 2.24) is 9.80 Å². The summed E-state index contributed by atoms with van der Waals surface area (Å²) in [5.41, 5.74) is -0.295. The van der Waals surface area contributed by atoms with Crippen LogP contribution in [0, 0.1) is 5.41 Å². The zero-order valence-electron chi connectivity index (χ0n) is 12.2. The van der Waals surface area contributed by atoms with Gasteiger partial charge in [-0.25, -0.2) is 0 Å². The van der Waals surface area contributed by atoms with Crippen LogP contribution < -0.4 is 0 Å². The number of rotatable bonds is 8. The Morgan fingerprint density at radius 1 is 1.06 bits per heavy atom. The molecule has 0 unspecified atom stereocenters. The van der Waals surface area contributed by atoms with Gasteiger partial charge >= 0.3 is 0 Å². The largest absolute Gasteiger partial charge is 0.372 e. The number of carbonyl (C=O) groups is 1. The fraction of sp³-hybridized carbons (Fsp3) is 0.923. The van der Waals surface area contributed by atoms with E-state index in [-0.39, 0.29) is 17.8 Å². The minimum Gasteiger partial charge on any atom is -0.372 e. The number of nitrogens with zero attached hydrogens (tertiary/aromatic N) is 2. The first kappa shape index (κ1) is 16.6. The van der Waals surface area contributed by atoms with Crippen LogP contribution in [0.2, 0.25) is 0 Å². The minimum atomic E-state index is -0.295. The van der Waals surface area contributed by atoms with E-state index < -0.39 is 0 Å². The highest BCUT2D eigenvalue weighted by atomic mass is 16.5. The molecular formula is C13H28N2O2. The van der Waals surface area contributed by atoms with E-state index >= 15 is 0 Å². The summed E-state index contributed by atoms with van der Waals surface area (Å²) >= 11 is 0. The molecule has 102 valence electrons. The molecule has 0 fully saturated rings. The second-order valence-corrected chi connectivity index (χ2v) is 5.83. The molecule has 0 atom stereocenters. The van der Waals surface area contributed by atoms with Crippen LogP contribution in [0.3, 0.4) is 0 Å². The van der Waals surface area contributed by atoms with Crippen molar-refractivity contribution in [1.29, 1.82) is 0 Å². The maximum Gasteiger partial charge on any atom is 0.163 e. The molecule has 4 heteroatoms. The summed E-state index contributed by atoms with van der Waals surface area (Å²) in [6, 6.07) is 0. The number of carbonyl (C=O) groups excluding carboxylic acids is 1. The molecule has 0 bridgehead atoms. The van der Waals surface area contributed by atoms with E-state index in [1.54, 1.807) is 0 Å². The zero-order valence-corrected chi connectivity index (χ0v) is 12.2. The molecule has 0 amide bonds. The Kier molecular flexibility index (Phi) is 7.59. The van der Waals surface area contributed by atoms with Crippen LogP contribution in [-0.4, -0.2) is 69.6 Å². The minimum absolute atomic E-state index is 0.161. The Balaban J connectivity index is 3.55. The van der Waals surface area contributed by atoms with Crippen molar-refractivity contribution in [3.8, 4) is 0 Å². The third-order valence-corrected chi connectivity index (χ3v) is 2.62. The zero-order chi connectivity index (χ0) is 13.5. The van der Waals surface area contributed by atoms with E-state index in [0.717, 1.165) is 19.6 Å². The van der Waals surface area contributed by atoms with Crippen molar-refractivity contribution < 1.29 is 9.53 Å². The van der Waals surface area contributed by atoms with E-state index in [1.165, 1.54) is 0 Å². The third-order valence-electron chi connectivity index (χ3n) is 2.62. The number of ether oxygens (including phenoxy) is 1. The fourth-order valence-electron chi connectivity index (χ4n) is 1.08. The van der Waals surface area contributed by atoms with Gasteiger partial charge in [0, 0.05) is 25.0 Å². The van der Waals surface area contributed by atoms with Crippen molar-refractivity contribution in [3.05, 3.63) is 0 Å². The van der Waals surface area contributed by atoms with Crippen LogP contribution in [0.15, 0.2) is 0 Å². The van der Waals surface area contributed by atoms with Gasteiger partial charge in [-0.15, -0.1) is 0 Å². The second-order valence-electron chi connectivity index (χ2n) is 5.83. The predicted molar refractivity (Wildman–Crippen MR) is 71.3 cm³/mol. The predicted octanol–water partition coefficient (Wildman–Crippen LogP) is 1.11. The highest BCUT2D eigenvalue weighted by Crippen LogP contribution is 2.14. The van der Waals surface area contributed by atoms with E-state index in [1.807, 2.05) is 20.8 Å². The van der Waals surface area contributed by atoms with Crippen LogP contribution in [0.1, 0.15) is 20.8 Å². The molecule has 0 saturated heterocycles. The fourth-order valence-corrected chi connectivity index (χ4v) is 1.08. The van der Waals surface area contributed by atoms with Gasteiger partial charge in [0.25, 0.3) is 0 Å². The van der Waals surface area contributed by atoms with E-state index in [4.69, 9.17) is 4.74 Å². The third kappa shape index (κ3) is 9.27. The Hall–Kier alpha value is -0.450. The number of likely N-dealkylation sites (N-methyl/N-ethyl adjacent to an activating group) is 2. The Morgan fingerprint density at radius 3 is 2.12 bits per heavy atom. The van der Waals surface area contributed by atoms with Crippen molar-refractivity contribution >= 4 is 5.78 Å². The van der Waals surface area contributed by atoms with Crippen LogP contribution >= 0.6 is 0 Å². The summed E-state index contributed by atoms with van der Waals surface area (Å²) in [5.74, 6) is 0.161. The summed E-state index contributed by atoms with van der Waals surface area (Å²) < 4.78 is 5.39. The molecule has 0 spiro atoms. The molecule has 17 heavy (non-hydrogen) atoms. The SMILES string of the molecule is CN(C)CCN(C)CCOCC(=O)C(C)(C)C. The van der Waals surface area contributed by atoms with Crippen LogP contribution in [-0.2, 0) is 9.53 Å². The molecule has 0 saturated carbocycles. The normalized spacial score (nSPS) is 12.5. The molecule has 0 aliphatic carbocycles. The molecule has 0 radical (unpaired) electrons. The lowest BCUT2D eigenvalue weighted by molar-refractivity contribution is -0.131. The molecule has 0 rings (SSSR count). The van der Waals surface area contributed by atoms with Gasteiger partial charge in [0.05, 0.1) is 6.61 Å². The highest BCUT2D eigenvalue weighted by molar-refractivity contribution is 5.84. The van der Waals surface area contributed by atoms with Crippen LogP contribution in [0.4, 0.5) is 0 Å². The Morgan fingerprint density at radius 2 is 1.65 bits per heavy atom. The molecule has 4 nitrogen and oxygen atoms in total. The molecule has 0 aromatic rings. The van der Waals surface area contributed by atoms with E-state index in [2.05, 4.69) is 30.9 Å². The van der Waals surface area contributed by atoms with Gasteiger partial charge in [0.1, 0.15) is 6.61 Å². The maximum absolute atomic E-state index is 11.6. The average Bonchev–Trinajstić information content (AvgIpc) is 2.19. The molecule has 0 heterocycles. The van der Waals surface area contributed by atoms with Gasteiger partial charge in [-0.3, -0.25) is 4.79 Å². The average molecular weight is 244 g/mol. The van der Waals surface area contributed by atoms with Gasteiger partial charge < -0.3 is 14.5 Å². The van der Waals surface area contributed by atoms with Gasteiger partial charge in [0.15, 0.2) is 5.78 Å². The summed E-state index contributed by atoms with van der Waals surface area (Å²) in [7, 11) is 6.19. The van der Waals surface area contributed by atoms with Crippen LogP contribution in [0.5, 0.6) is 0 Å². The smallest absolute Gasteiger partial charge is 0.163 e. The Labute approximate surface area is 106 Å². The van der Waals surface area contributed by atoms with Gasteiger partial charge in [0.2, 0.25) is 0 Å². The second kappa shape index (κ2) is 7.80. The summed E-state index contributed by atoms with van der Waals surface area (Å²) in [4.78, 5) is 15.9. The molecular weight excluding hydrogens is 216 g/mol. The summed E-state index contributed by atoms with van der Waals surface area (Å²) in [5, 5.41) is 0. The van der Waals surface area contributed by atoms with Crippen molar-refractivity contribution in [2.45, 2.75) is 20.8 Å². The quantitative estimate of drug-likeness (QED) is 0.599. The van der Waals surface area contributed by atoms with Crippen LogP contribution in [0.25, 0.3) is 0 Å². The topological polar surface area (TPSA) is 32.8 Å². The van der Waals surface area contributed by atoms with Crippen molar-refractivity contribution in [2.75, 3.05) is 54.0 Å². The number of hydrogen-bond donors (Lipinski definition) is 0. The lowest BCUT2D eigenvalue weighted by Gasteiger charge is -2.20. The molecule has 0 aliphatic heterocycles. The van der Waals surface area contributed by atoms with Crippen molar-refractivity contribution in [2.24, 2.45) is 5.41 Å². The van der Waals surface area contributed by atoms with E-state index in [0.29, 0.717) is 6.61 Å². The summed E-state index contributed by atoms with van der Waals surface area (Å²) in [6.45, 7) is 9.52. The number of Topliss-reactive ketones (excluding diaryl/α,β-unsaturated/α-hetero) is 1. The maximum atomic E-state index is 11.6.